The van der Waals surface area contributed by atoms with Crippen LogP contribution in [0.5, 0.6) is 0 Å². The molecule has 2 rings (SSSR count). The fourth-order valence-corrected chi connectivity index (χ4v) is 4.40. The van der Waals surface area contributed by atoms with Gasteiger partial charge in [0.05, 0.1) is 0 Å². The Morgan fingerprint density at radius 3 is 2.39 bits per heavy atom. The summed E-state index contributed by atoms with van der Waals surface area (Å²) < 4.78 is 0. The number of alkyl halides is 1. The number of hydrogen-bond donors (Lipinski definition) is 0. The quantitative estimate of drug-likeness (QED) is 0.492. The molecular weight excluding hydrogens is 284 g/mol. The van der Waals surface area contributed by atoms with Gasteiger partial charge in [-0.15, -0.1) is 0 Å². The van der Waals surface area contributed by atoms with E-state index in [0.717, 1.165) is 12.8 Å². The molecule has 0 radical (unpaired) electrons. The summed E-state index contributed by atoms with van der Waals surface area (Å²) in [5, 5.41) is 0. The molecule has 0 heterocycles. The maximum absolute atomic E-state index is 3.92. The average Bonchev–Trinajstić information content (AvgIpc) is 2.44. The third kappa shape index (κ3) is 2.82. The van der Waals surface area contributed by atoms with Crippen molar-refractivity contribution in [1.82, 2.24) is 0 Å². The van der Waals surface area contributed by atoms with E-state index in [2.05, 4.69) is 55.8 Å². The first kappa shape index (κ1) is 14.1. The standard InChI is InChI=1S/C17H25Br/c1-5-12-9-14-7-8-17(3,4)11-16(18)15(14)10-13(12)6-2/h9-10,16H,5-8,11H2,1-4H3. The van der Waals surface area contributed by atoms with Crippen LogP contribution in [0.2, 0.25) is 0 Å². The molecule has 0 saturated heterocycles. The summed E-state index contributed by atoms with van der Waals surface area (Å²) in [6, 6.07) is 4.94. The molecule has 0 spiro atoms. The minimum Gasteiger partial charge on any atom is -0.0838 e. The molecule has 1 atom stereocenters. The molecule has 0 amide bonds. The second-order valence-electron chi connectivity index (χ2n) is 6.36. The van der Waals surface area contributed by atoms with Gasteiger partial charge in [-0.3, -0.25) is 0 Å². The van der Waals surface area contributed by atoms with E-state index in [1.54, 1.807) is 22.3 Å². The highest BCUT2D eigenvalue weighted by molar-refractivity contribution is 9.09. The van der Waals surface area contributed by atoms with Crippen LogP contribution in [-0.2, 0) is 19.3 Å². The zero-order chi connectivity index (χ0) is 13.3. The van der Waals surface area contributed by atoms with E-state index >= 15 is 0 Å². The first-order valence-corrected chi connectivity index (χ1v) is 8.17. The molecule has 100 valence electrons. The van der Waals surface area contributed by atoms with Crippen LogP contribution >= 0.6 is 15.9 Å². The van der Waals surface area contributed by atoms with Crippen molar-refractivity contribution in [1.29, 1.82) is 0 Å². The fraction of sp³-hybridized carbons (Fsp3) is 0.647. The van der Waals surface area contributed by atoms with E-state index in [0.29, 0.717) is 10.2 Å². The summed E-state index contributed by atoms with van der Waals surface area (Å²) in [7, 11) is 0. The first-order chi connectivity index (χ1) is 8.46. The summed E-state index contributed by atoms with van der Waals surface area (Å²) in [4.78, 5) is 0.529. The molecular formula is C17H25Br. The van der Waals surface area contributed by atoms with Gasteiger partial charge in [-0.05, 0) is 59.8 Å². The molecule has 0 fully saturated rings. The Bertz CT molecular complexity index is 431. The Morgan fingerprint density at radius 1 is 1.17 bits per heavy atom. The topological polar surface area (TPSA) is 0 Å². The molecule has 1 unspecified atom stereocenters. The number of aryl methyl sites for hydroxylation is 3. The van der Waals surface area contributed by atoms with Gasteiger partial charge in [0.15, 0.2) is 0 Å². The molecule has 1 aliphatic carbocycles. The van der Waals surface area contributed by atoms with E-state index in [-0.39, 0.29) is 0 Å². The Balaban J connectivity index is 2.46. The highest BCUT2D eigenvalue weighted by atomic mass is 79.9. The summed E-state index contributed by atoms with van der Waals surface area (Å²) in [6.07, 6.45) is 6.10. The van der Waals surface area contributed by atoms with Crippen LogP contribution in [0.15, 0.2) is 12.1 Å². The lowest BCUT2D eigenvalue weighted by Gasteiger charge is -2.24. The fourth-order valence-electron chi connectivity index (χ4n) is 3.10. The van der Waals surface area contributed by atoms with E-state index in [1.165, 1.54) is 19.3 Å². The minimum atomic E-state index is 0.450. The molecule has 1 aromatic carbocycles. The Labute approximate surface area is 120 Å². The van der Waals surface area contributed by atoms with Gasteiger partial charge in [0.2, 0.25) is 0 Å². The summed E-state index contributed by atoms with van der Waals surface area (Å²) in [5.74, 6) is 0. The summed E-state index contributed by atoms with van der Waals surface area (Å²) in [6.45, 7) is 9.33. The molecule has 18 heavy (non-hydrogen) atoms. The molecule has 0 bridgehead atoms. The molecule has 0 nitrogen and oxygen atoms in total. The maximum atomic E-state index is 3.92. The predicted octanol–water partition coefficient (Wildman–Crippen LogP) is 5.61. The Hall–Kier alpha value is -0.300. The van der Waals surface area contributed by atoms with Crippen LogP contribution in [0.4, 0.5) is 0 Å². The van der Waals surface area contributed by atoms with Crippen LogP contribution in [0.25, 0.3) is 0 Å². The maximum Gasteiger partial charge on any atom is 0.0403 e. The van der Waals surface area contributed by atoms with Crippen molar-refractivity contribution in [2.24, 2.45) is 5.41 Å². The van der Waals surface area contributed by atoms with E-state index in [1.807, 2.05) is 0 Å². The van der Waals surface area contributed by atoms with Gasteiger partial charge in [0.1, 0.15) is 0 Å². The normalized spacial score (nSPS) is 22.4. The van der Waals surface area contributed by atoms with Crippen molar-refractivity contribution in [3.8, 4) is 0 Å². The average molecular weight is 309 g/mol. The monoisotopic (exact) mass is 308 g/mol. The van der Waals surface area contributed by atoms with Gasteiger partial charge in [-0.2, -0.15) is 0 Å². The zero-order valence-electron chi connectivity index (χ0n) is 12.1. The lowest BCUT2D eigenvalue weighted by atomic mass is 9.84. The molecule has 0 aromatic heterocycles. The third-order valence-corrected chi connectivity index (χ3v) is 5.18. The van der Waals surface area contributed by atoms with Crippen LogP contribution in [0.1, 0.15) is 67.6 Å². The van der Waals surface area contributed by atoms with Crippen molar-refractivity contribution in [3.63, 3.8) is 0 Å². The highest BCUT2D eigenvalue weighted by Crippen LogP contribution is 2.44. The lowest BCUT2D eigenvalue weighted by molar-refractivity contribution is 0.316. The molecule has 0 aliphatic heterocycles. The van der Waals surface area contributed by atoms with Crippen LogP contribution in [0, 0.1) is 5.41 Å². The molecule has 1 heteroatoms. The largest absolute Gasteiger partial charge is 0.0838 e. The van der Waals surface area contributed by atoms with Crippen LogP contribution in [0.3, 0.4) is 0 Å². The lowest BCUT2D eigenvalue weighted by Crippen LogP contribution is -2.11. The smallest absolute Gasteiger partial charge is 0.0403 e. The molecule has 1 aromatic rings. The van der Waals surface area contributed by atoms with Crippen molar-refractivity contribution >= 4 is 15.9 Å². The molecule has 1 aliphatic rings. The van der Waals surface area contributed by atoms with Crippen molar-refractivity contribution in [3.05, 3.63) is 34.4 Å². The van der Waals surface area contributed by atoms with Gasteiger partial charge in [-0.25, -0.2) is 0 Å². The first-order valence-electron chi connectivity index (χ1n) is 7.25. The van der Waals surface area contributed by atoms with Gasteiger partial charge in [0, 0.05) is 4.83 Å². The number of fused-ring (bicyclic) bond motifs is 1. The number of rotatable bonds is 2. The number of hydrogen-bond acceptors (Lipinski definition) is 0. The summed E-state index contributed by atoms with van der Waals surface area (Å²) >= 11 is 3.92. The van der Waals surface area contributed by atoms with Gasteiger partial charge >= 0.3 is 0 Å². The van der Waals surface area contributed by atoms with Gasteiger partial charge in [0.25, 0.3) is 0 Å². The number of halogens is 1. The Kier molecular flexibility index (Phi) is 4.21. The molecule has 0 saturated carbocycles. The van der Waals surface area contributed by atoms with Gasteiger partial charge < -0.3 is 0 Å². The van der Waals surface area contributed by atoms with E-state index < -0.39 is 0 Å². The minimum absolute atomic E-state index is 0.450. The van der Waals surface area contributed by atoms with Crippen molar-refractivity contribution < 1.29 is 0 Å². The van der Waals surface area contributed by atoms with E-state index in [9.17, 15) is 0 Å². The van der Waals surface area contributed by atoms with Crippen molar-refractivity contribution in [2.75, 3.05) is 0 Å². The van der Waals surface area contributed by atoms with Crippen LogP contribution in [-0.4, -0.2) is 0 Å². The molecule has 0 N–H and O–H groups in total. The second-order valence-corrected chi connectivity index (χ2v) is 7.47. The van der Waals surface area contributed by atoms with Crippen LogP contribution < -0.4 is 0 Å². The SMILES string of the molecule is CCc1cc2c(cc1CC)C(Br)CC(C)(C)CC2. The van der Waals surface area contributed by atoms with Crippen molar-refractivity contribution in [2.45, 2.75) is 64.6 Å². The third-order valence-electron chi connectivity index (χ3n) is 4.36. The highest BCUT2D eigenvalue weighted by Gasteiger charge is 2.28. The van der Waals surface area contributed by atoms with Gasteiger partial charge in [-0.1, -0.05) is 55.8 Å². The summed E-state index contributed by atoms with van der Waals surface area (Å²) in [5.41, 5.74) is 6.67. The van der Waals surface area contributed by atoms with E-state index in [4.69, 9.17) is 0 Å². The Morgan fingerprint density at radius 2 is 1.78 bits per heavy atom. The predicted molar refractivity (Wildman–Crippen MR) is 83.6 cm³/mol. The second kappa shape index (κ2) is 5.36. The number of benzene rings is 1. The zero-order valence-corrected chi connectivity index (χ0v) is 13.7.